The summed E-state index contributed by atoms with van der Waals surface area (Å²) >= 11 is 6.11. The van der Waals surface area contributed by atoms with E-state index in [0.717, 1.165) is 11.3 Å². The molecular weight excluding hydrogens is 224 g/mol. The molecule has 16 heavy (non-hydrogen) atoms. The van der Waals surface area contributed by atoms with Crippen LogP contribution < -0.4 is 4.74 Å². The summed E-state index contributed by atoms with van der Waals surface area (Å²) in [5, 5.41) is 9.45. The van der Waals surface area contributed by atoms with Gasteiger partial charge in [-0.2, -0.15) is 5.26 Å². The van der Waals surface area contributed by atoms with Crippen molar-refractivity contribution in [2.45, 2.75) is 19.5 Å². The average molecular weight is 239 g/mol. The number of methoxy groups -OCH3 is 1. The van der Waals surface area contributed by atoms with E-state index in [-0.39, 0.29) is 6.04 Å². The van der Waals surface area contributed by atoms with Crippen molar-refractivity contribution in [3.8, 4) is 11.8 Å². The summed E-state index contributed by atoms with van der Waals surface area (Å²) in [7, 11) is 3.50. The number of nitriles is 1. The number of ether oxygens (including phenoxy) is 1. The fourth-order valence-corrected chi connectivity index (χ4v) is 1.52. The van der Waals surface area contributed by atoms with E-state index < -0.39 is 0 Å². The quantitative estimate of drug-likeness (QED) is 0.809. The van der Waals surface area contributed by atoms with Crippen molar-refractivity contribution in [1.82, 2.24) is 4.90 Å². The molecule has 1 aromatic rings. The van der Waals surface area contributed by atoms with Crippen LogP contribution in [-0.2, 0) is 6.54 Å². The Labute approximate surface area is 101 Å². The first-order chi connectivity index (χ1) is 7.58. The Morgan fingerprint density at radius 2 is 2.25 bits per heavy atom. The van der Waals surface area contributed by atoms with Gasteiger partial charge in [0.25, 0.3) is 0 Å². The van der Waals surface area contributed by atoms with E-state index in [1.807, 2.05) is 31.0 Å². The molecule has 0 fully saturated rings. The molecule has 4 heteroatoms. The third-order valence-corrected chi connectivity index (χ3v) is 2.88. The van der Waals surface area contributed by atoms with Crippen LogP contribution in [0.15, 0.2) is 18.2 Å². The Kier molecular flexibility index (Phi) is 4.60. The second-order valence-corrected chi connectivity index (χ2v) is 4.08. The van der Waals surface area contributed by atoms with Crippen molar-refractivity contribution in [2.75, 3.05) is 14.2 Å². The Hall–Kier alpha value is -1.24. The lowest BCUT2D eigenvalue weighted by molar-refractivity contribution is 0.294. The summed E-state index contributed by atoms with van der Waals surface area (Å²) in [6.45, 7) is 2.51. The highest BCUT2D eigenvalue weighted by atomic mass is 35.5. The summed E-state index contributed by atoms with van der Waals surface area (Å²) in [5.41, 5.74) is 0.993. The zero-order valence-corrected chi connectivity index (χ0v) is 10.5. The Morgan fingerprint density at radius 1 is 1.56 bits per heavy atom. The second kappa shape index (κ2) is 5.74. The van der Waals surface area contributed by atoms with Crippen molar-refractivity contribution in [2.24, 2.45) is 0 Å². The van der Waals surface area contributed by atoms with Gasteiger partial charge in [-0.15, -0.1) is 0 Å². The molecule has 1 aromatic carbocycles. The largest absolute Gasteiger partial charge is 0.497 e. The minimum absolute atomic E-state index is 0.127. The minimum Gasteiger partial charge on any atom is -0.497 e. The number of hydrogen-bond donors (Lipinski definition) is 0. The van der Waals surface area contributed by atoms with Gasteiger partial charge < -0.3 is 4.74 Å². The zero-order chi connectivity index (χ0) is 12.1. The lowest BCUT2D eigenvalue weighted by Crippen LogP contribution is -2.27. The molecule has 0 amide bonds. The van der Waals surface area contributed by atoms with Gasteiger partial charge in [-0.25, -0.2) is 0 Å². The molecular formula is C12H15ClN2O. The van der Waals surface area contributed by atoms with Crippen LogP contribution >= 0.6 is 11.6 Å². The summed E-state index contributed by atoms with van der Waals surface area (Å²) in [4.78, 5) is 1.94. The Morgan fingerprint density at radius 3 is 2.75 bits per heavy atom. The van der Waals surface area contributed by atoms with Crippen LogP contribution in [0.4, 0.5) is 0 Å². The summed E-state index contributed by atoms with van der Waals surface area (Å²) < 4.78 is 5.07. The molecule has 0 saturated carbocycles. The van der Waals surface area contributed by atoms with Crippen LogP contribution in [0.25, 0.3) is 0 Å². The molecule has 0 aromatic heterocycles. The van der Waals surface area contributed by atoms with Crippen LogP contribution in [0.1, 0.15) is 12.5 Å². The summed E-state index contributed by atoms with van der Waals surface area (Å²) in [6.07, 6.45) is 0. The number of nitrogens with zero attached hydrogens (tertiary/aromatic N) is 2. The van der Waals surface area contributed by atoms with E-state index in [4.69, 9.17) is 21.6 Å². The van der Waals surface area contributed by atoms with Crippen LogP contribution in [0.5, 0.6) is 5.75 Å². The number of hydrogen-bond acceptors (Lipinski definition) is 3. The van der Waals surface area contributed by atoms with E-state index in [2.05, 4.69) is 6.07 Å². The SMILES string of the molecule is COc1ccc(CN(C)C(C)C#N)c(Cl)c1. The molecule has 0 aliphatic carbocycles. The van der Waals surface area contributed by atoms with Gasteiger partial charge in [-0.1, -0.05) is 17.7 Å². The summed E-state index contributed by atoms with van der Waals surface area (Å²) in [6, 6.07) is 7.62. The molecule has 0 aliphatic heterocycles. The number of benzene rings is 1. The highest BCUT2D eigenvalue weighted by Gasteiger charge is 2.10. The standard InChI is InChI=1S/C12H15ClN2O/c1-9(7-14)15(2)8-10-4-5-11(16-3)6-12(10)13/h4-6,9H,8H2,1-3H3. The predicted molar refractivity (Wildman–Crippen MR) is 64.5 cm³/mol. The lowest BCUT2D eigenvalue weighted by atomic mass is 10.2. The molecule has 0 heterocycles. The minimum atomic E-state index is -0.127. The molecule has 1 unspecified atom stereocenters. The third kappa shape index (κ3) is 3.13. The van der Waals surface area contributed by atoms with Crippen LogP contribution in [0, 0.1) is 11.3 Å². The molecule has 0 saturated heterocycles. The zero-order valence-electron chi connectivity index (χ0n) is 9.70. The molecule has 0 radical (unpaired) electrons. The van der Waals surface area contributed by atoms with Crippen molar-refractivity contribution in [3.05, 3.63) is 28.8 Å². The van der Waals surface area contributed by atoms with Crippen LogP contribution in [-0.4, -0.2) is 25.1 Å². The van der Waals surface area contributed by atoms with Gasteiger partial charge in [0.1, 0.15) is 5.75 Å². The fraction of sp³-hybridized carbons (Fsp3) is 0.417. The van der Waals surface area contributed by atoms with Crippen molar-refractivity contribution in [1.29, 1.82) is 5.26 Å². The van der Waals surface area contributed by atoms with Gasteiger partial charge in [0, 0.05) is 11.6 Å². The molecule has 0 bridgehead atoms. The Balaban J connectivity index is 2.79. The molecule has 0 aliphatic rings. The Bertz CT molecular complexity index is 400. The topological polar surface area (TPSA) is 36.3 Å². The van der Waals surface area contributed by atoms with Crippen LogP contribution in [0.3, 0.4) is 0 Å². The van der Waals surface area contributed by atoms with Gasteiger partial charge in [-0.05, 0) is 31.7 Å². The van der Waals surface area contributed by atoms with Gasteiger partial charge in [-0.3, -0.25) is 4.90 Å². The van der Waals surface area contributed by atoms with Gasteiger partial charge in [0.05, 0.1) is 19.2 Å². The molecule has 86 valence electrons. The first-order valence-electron chi connectivity index (χ1n) is 5.00. The lowest BCUT2D eigenvalue weighted by Gasteiger charge is -2.19. The molecule has 3 nitrogen and oxygen atoms in total. The average Bonchev–Trinajstić information content (AvgIpc) is 2.30. The van der Waals surface area contributed by atoms with E-state index in [0.29, 0.717) is 11.6 Å². The number of rotatable bonds is 4. The predicted octanol–water partition coefficient (Wildman–Crippen LogP) is 2.69. The summed E-state index contributed by atoms with van der Waals surface area (Å²) in [5.74, 6) is 0.740. The first kappa shape index (κ1) is 12.8. The van der Waals surface area contributed by atoms with Crippen molar-refractivity contribution >= 4 is 11.6 Å². The molecule has 1 rings (SSSR count). The maximum Gasteiger partial charge on any atom is 0.120 e. The molecule has 0 spiro atoms. The van der Waals surface area contributed by atoms with Crippen molar-refractivity contribution in [3.63, 3.8) is 0 Å². The van der Waals surface area contributed by atoms with E-state index >= 15 is 0 Å². The normalized spacial score (nSPS) is 12.2. The monoisotopic (exact) mass is 238 g/mol. The first-order valence-corrected chi connectivity index (χ1v) is 5.38. The van der Waals surface area contributed by atoms with Crippen LogP contribution in [0.2, 0.25) is 5.02 Å². The van der Waals surface area contributed by atoms with E-state index in [1.165, 1.54) is 0 Å². The van der Waals surface area contributed by atoms with E-state index in [1.54, 1.807) is 13.2 Å². The highest BCUT2D eigenvalue weighted by molar-refractivity contribution is 6.31. The number of halogens is 1. The fourth-order valence-electron chi connectivity index (χ4n) is 1.29. The van der Waals surface area contributed by atoms with E-state index in [9.17, 15) is 0 Å². The molecule has 1 atom stereocenters. The van der Waals surface area contributed by atoms with Crippen molar-refractivity contribution < 1.29 is 4.74 Å². The van der Waals surface area contributed by atoms with Gasteiger partial charge >= 0.3 is 0 Å². The van der Waals surface area contributed by atoms with Gasteiger partial charge in [0.15, 0.2) is 0 Å². The molecule has 0 N–H and O–H groups in total. The third-order valence-electron chi connectivity index (χ3n) is 2.53. The highest BCUT2D eigenvalue weighted by Crippen LogP contribution is 2.23. The maximum atomic E-state index is 8.79. The second-order valence-electron chi connectivity index (χ2n) is 3.68. The smallest absolute Gasteiger partial charge is 0.120 e. The van der Waals surface area contributed by atoms with Gasteiger partial charge in [0.2, 0.25) is 0 Å². The maximum absolute atomic E-state index is 8.79.